The number of carbonyl (C=O) groups excluding carboxylic acids is 2. The zero-order valence-corrected chi connectivity index (χ0v) is 14.5. The Hall–Kier alpha value is -3.22. The Balaban J connectivity index is 1.66. The third kappa shape index (κ3) is 2.44. The number of aryl methyl sites for hydroxylation is 1. The van der Waals surface area contributed by atoms with Crippen LogP contribution in [0.4, 0.5) is 11.4 Å². The van der Waals surface area contributed by atoms with Crippen LogP contribution < -0.4 is 14.6 Å². The summed E-state index contributed by atoms with van der Waals surface area (Å²) in [5, 5.41) is 9.60. The van der Waals surface area contributed by atoms with Crippen LogP contribution in [0.25, 0.3) is 0 Å². The van der Waals surface area contributed by atoms with Crippen molar-refractivity contribution in [2.75, 3.05) is 17.0 Å². The highest BCUT2D eigenvalue weighted by molar-refractivity contribution is 6.26. The number of carbonyl (C=O) groups is 2. The van der Waals surface area contributed by atoms with Crippen molar-refractivity contribution in [1.29, 1.82) is 0 Å². The first-order valence-electron chi connectivity index (χ1n) is 8.45. The Labute approximate surface area is 150 Å². The highest BCUT2D eigenvalue weighted by Gasteiger charge is 2.55. The molecule has 0 spiro atoms. The summed E-state index contributed by atoms with van der Waals surface area (Å²) in [4.78, 5) is 27.0. The molecule has 2 atom stereocenters. The van der Waals surface area contributed by atoms with Crippen molar-refractivity contribution in [2.24, 2.45) is 10.3 Å². The average molecular weight is 350 g/mol. The smallest absolute Gasteiger partial charge is 0.263 e. The maximum Gasteiger partial charge on any atom is 0.263 e. The molecule has 4 rings (SSSR count). The number of nitrogens with zero attached hydrogens (tertiary/aromatic N) is 4. The van der Waals surface area contributed by atoms with Crippen molar-refractivity contribution < 1.29 is 14.3 Å². The lowest BCUT2D eigenvalue weighted by molar-refractivity contribution is -0.121. The molecule has 2 aliphatic rings. The van der Waals surface area contributed by atoms with Crippen LogP contribution in [0.2, 0.25) is 0 Å². The first kappa shape index (κ1) is 16.3. The minimum atomic E-state index is -0.820. The van der Waals surface area contributed by atoms with Crippen LogP contribution in [-0.2, 0) is 16.0 Å². The third-order valence-corrected chi connectivity index (χ3v) is 4.70. The van der Waals surface area contributed by atoms with E-state index in [1.54, 1.807) is 43.5 Å². The van der Waals surface area contributed by atoms with E-state index in [-0.39, 0.29) is 11.8 Å². The topological polar surface area (TPSA) is 74.6 Å². The maximum atomic E-state index is 13.0. The van der Waals surface area contributed by atoms with Crippen LogP contribution in [0, 0.1) is 0 Å². The molecular weight excluding hydrogens is 332 g/mol. The number of hydrogen-bond acceptors (Lipinski definition) is 6. The highest BCUT2D eigenvalue weighted by atomic mass is 16.5. The fraction of sp³-hybridized carbons (Fsp3) is 0.263. The van der Waals surface area contributed by atoms with Crippen LogP contribution in [0.5, 0.6) is 5.75 Å². The molecule has 26 heavy (non-hydrogen) atoms. The summed E-state index contributed by atoms with van der Waals surface area (Å²) < 4.78 is 5.22. The molecule has 2 aromatic carbocycles. The van der Waals surface area contributed by atoms with Gasteiger partial charge in [0.15, 0.2) is 12.1 Å². The largest absolute Gasteiger partial charge is 0.497 e. The lowest BCUT2D eigenvalue weighted by Crippen LogP contribution is -2.39. The molecule has 0 radical (unpaired) electrons. The van der Waals surface area contributed by atoms with Crippen molar-refractivity contribution in [2.45, 2.75) is 25.4 Å². The van der Waals surface area contributed by atoms with E-state index in [2.05, 4.69) is 17.3 Å². The van der Waals surface area contributed by atoms with E-state index in [1.165, 1.54) is 9.91 Å². The first-order valence-corrected chi connectivity index (χ1v) is 8.45. The summed E-state index contributed by atoms with van der Waals surface area (Å²) in [6.45, 7) is 2.05. The number of hydrogen-bond donors (Lipinski definition) is 0. The Bertz CT molecular complexity index is 894. The molecular formula is C19H18N4O3. The second-order valence-corrected chi connectivity index (χ2v) is 6.17. The summed E-state index contributed by atoms with van der Waals surface area (Å²) in [5.41, 5.74) is 2.36. The molecule has 2 aliphatic heterocycles. The number of imide groups is 1. The standard InChI is InChI=1S/C19H18N4O3/c1-3-12-7-9-13(10-8-12)22-18(24)16-17(19(22)25)23(21-20-16)14-5-4-6-15(11-14)26-2/h4-11,16-17H,3H2,1-2H3/t16-,17+/m0/s1. The normalized spacial score (nSPS) is 21.5. The fourth-order valence-corrected chi connectivity index (χ4v) is 3.26. The van der Waals surface area contributed by atoms with Gasteiger partial charge in [-0.25, -0.2) is 9.91 Å². The molecule has 0 N–H and O–H groups in total. The molecule has 0 aliphatic carbocycles. The summed E-state index contributed by atoms with van der Waals surface area (Å²) in [6, 6.07) is 13.0. The third-order valence-electron chi connectivity index (χ3n) is 4.70. The Morgan fingerprint density at radius 2 is 1.81 bits per heavy atom. The number of benzene rings is 2. The molecule has 0 bridgehead atoms. The number of amides is 2. The molecule has 1 fully saturated rings. The second-order valence-electron chi connectivity index (χ2n) is 6.17. The predicted octanol–water partition coefficient (Wildman–Crippen LogP) is 2.76. The number of methoxy groups -OCH3 is 1. The van der Waals surface area contributed by atoms with Gasteiger partial charge < -0.3 is 4.74 Å². The summed E-state index contributed by atoms with van der Waals surface area (Å²) >= 11 is 0. The number of ether oxygens (including phenoxy) is 1. The fourth-order valence-electron chi connectivity index (χ4n) is 3.26. The zero-order valence-electron chi connectivity index (χ0n) is 14.5. The van der Waals surface area contributed by atoms with Crippen LogP contribution in [0.15, 0.2) is 58.9 Å². The lowest BCUT2D eigenvalue weighted by atomic mass is 10.1. The minimum absolute atomic E-state index is 0.322. The monoisotopic (exact) mass is 350 g/mol. The lowest BCUT2D eigenvalue weighted by Gasteiger charge is -2.21. The maximum absolute atomic E-state index is 13.0. The van der Waals surface area contributed by atoms with E-state index in [9.17, 15) is 9.59 Å². The molecule has 2 aromatic rings. The minimum Gasteiger partial charge on any atom is -0.497 e. The van der Waals surface area contributed by atoms with E-state index >= 15 is 0 Å². The van der Waals surface area contributed by atoms with E-state index in [1.807, 2.05) is 12.1 Å². The van der Waals surface area contributed by atoms with Gasteiger partial charge in [-0.05, 0) is 36.2 Å². The van der Waals surface area contributed by atoms with Gasteiger partial charge in [-0.3, -0.25) is 9.59 Å². The molecule has 0 aromatic heterocycles. The summed E-state index contributed by atoms with van der Waals surface area (Å²) in [5.74, 6) is -0.0274. The van der Waals surface area contributed by atoms with Crippen LogP contribution >= 0.6 is 0 Å². The Morgan fingerprint density at radius 1 is 1.04 bits per heavy atom. The molecule has 1 saturated heterocycles. The van der Waals surface area contributed by atoms with E-state index < -0.39 is 12.1 Å². The Morgan fingerprint density at radius 3 is 2.50 bits per heavy atom. The van der Waals surface area contributed by atoms with Gasteiger partial charge in [0.1, 0.15) is 5.75 Å². The van der Waals surface area contributed by atoms with Crippen molar-refractivity contribution in [3.63, 3.8) is 0 Å². The first-order chi connectivity index (χ1) is 12.6. The summed E-state index contributed by atoms with van der Waals surface area (Å²) in [6.07, 6.45) is 0.894. The average Bonchev–Trinajstić information content (AvgIpc) is 3.22. The van der Waals surface area contributed by atoms with Gasteiger partial charge in [0.2, 0.25) is 0 Å². The van der Waals surface area contributed by atoms with Crippen molar-refractivity contribution in [1.82, 2.24) is 0 Å². The second kappa shape index (κ2) is 6.25. The van der Waals surface area contributed by atoms with Crippen LogP contribution in [0.1, 0.15) is 12.5 Å². The molecule has 0 saturated carbocycles. The SMILES string of the molecule is CCc1ccc(N2C(=O)[C@H]3N=NN(c4cccc(OC)c4)[C@H]3C2=O)cc1. The Kier molecular flexibility index (Phi) is 3.91. The van der Waals surface area contributed by atoms with Crippen molar-refractivity contribution in [3.05, 3.63) is 54.1 Å². The van der Waals surface area contributed by atoms with E-state index in [0.29, 0.717) is 17.1 Å². The van der Waals surface area contributed by atoms with Crippen LogP contribution in [-0.4, -0.2) is 31.0 Å². The predicted molar refractivity (Wildman–Crippen MR) is 96.2 cm³/mol. The number of rotatable bonds is 4. The van der Waals surface area contributed by atoms with E-state index in [4.69, 9.17) is 4.74 Å². The molecule has 132 valence electrons. The molecule has 2 heterocycles. The molecule has 2 amide bonds. The number of fused-ring (bicyclic) bond motifs is 1. The van der Waals surface area contributed by atoms with Gasteiger partial charge in [0, 0.05) is 6.07 Å². The molecule has 7 nitrogen and oxygen atoms in total. The van der Waals surface area contributed by atoms with Gasteiger partial charge in [-0.15, -0.1) is 0 Å². The van der Waals surface area contributed by atoms with Gasteiger partial charge in [-0.1, -0.05) is 30.3 Å². The van der Waals surface area contributed by atoms with Crippen molar-refractivity contribution in [3.8, 4) is 5.75 Å². The van der Waals surface area contributed by atoms with Crippen LogP contribution in [0.3, 0.4) is 0 Å². The van der Waals surface area contributed by atoms with Gasteiger partial charge in [0.05, 0.1) is 18.5 Å². The molecule has 7 heteroatoms. The van der Waals surface area contributed by atoms with Crippen molar-refractivity contribution >= 4 is 23.2 Å². The number of anilines is 2. The van der Waals surface area contributed by atoms with Gasteiger partial charge >= 0.3 is 0 Å². The van der Waals surface area contributed by atoms with E-state index in [0.717, 1.165) is 12.0 Å². The van der Waals surface area contributed by atoms with Gasteiger partial charge in [-0.2, -0.15) is 5.11 Å². The molecule has 0 unspecified atom stereocenters. The highest BCUT2D eigenvalue weighted by Crippen LogP contribution is 2.35. The van der Waals surface area contributed by atoms with Gasteiger partial charge in [0.25, 0.3) is 11.8 Å². The summed E-state index contributed by atoms with van der Waals surface area (Å²) in [7, 11) is 1.57. The zero-order chi connectivity index (χ0) is 18.3. The quantitative estimate of drug-likeness (QED) is 0.795.